The maximum absolute atomic E-state index is 5.81. The Bertz CT molecular complexity index is 344. The van der Waals surface area contributed by atoms with Crippen molar-refractivity contribution in [3.8, 4) is 0 Å². The van der Waals surface area contributed by atoms with Crippen LogP contribution in [-0.4, -0.2) is 31.0 Å². The summed E-state index contributed by atoms with van der Waals surface area (Å²) in [6, 6.07) is 5.94. The zero-order valence-electron chi connectivity index (χ0n) is 8.48. The van der Waals surface area contributed by atoms with E-state index in [2.05, 4.69) is 10.3 Å². The van der Waals surface area contributed by atoms with E-state index in [9.17, 15) is 0 Å². The van der Waals surface area contributed by atoms with Crippen LogP contribution in [-0.2, 0) is 15.1 Å². The lowest BCUT2D eigenvalue weighted by molar-refractivity contribution is -0.0299. The third-order valence-electron chi connectivity index (χ3n) is 3.21. The molecule has 80 valence electrons. The lowest BCUT2D eigenvalue weighted by Gasteiger charge is -2.36. The summed E-state index contributed by atoms with van der Waals surface area (Å²) >= 11 is 0. The molecular weight excluding hydrogens is 192 g/mol. The van der Waals surface area contributed by atoms with Crippen molar-refractivity contribution in [1.82, 2.24) is 10.3 Å². The molecule has 1 aromatic rings. The van der Waals surface area contributed by atoms with E-state index in [1.165, 1.54) is 0 Å². The molecule has 3 heterocycles. The lowest BCUT2D eigenvalue weighted by Crippen LogP contribution is -2.50. The Kier molecular flexibility index (Phi) is 2.20. The number of ether oxygens (including phenoxy) is 2. The van der Waals surface area contributed by atoms with Gasteiger partial charge in [-0.25, -0.2) is 0 Å². The molecule has 1 N–H and O–H groups in total. The minimum Gasteiger partial charge on any atom is -0.347 e. The quantitative estimate of drug-likeness (QED) is 0.732. The van der Waals surface area contributed by atoms with Gasteiger partial charge in [-0.1, -0.05) is 6.07 Å². The van der Waals surface area contributed by atoms with Gasteiger partial charge in [-0.3, -0.25) is 4.98 Å². The smallest absolute Gasteiger partial charge is 0.148 e. The Morgan fingerprint density at radius 3 is 3.33 bits per heavy atom. The lowest BCUT2D eigenvalue weighted by atomic mass is 9.86. The second-order valence-corrected chi connectivity index (χ2v) is 3.98. The second-order valence-electron chi connectivity index (χ2n) is 3.98. The maximum Gasteiger partial charge on any atom is 0.148 e. The monoisotopic (exact) mass is 206 g/mol. The molecule has 2 fully saturated rings. The SMILES string of the molecule is c1ccc([C@@]23CCNC[C@@H]2OCO3)nc1. The number of pyridine rings is 1. The number of hydrogen-bond donors (Lipinski definition) is 1. The molecule has 1 aromatic heterocycles. The minimum absolute atomic E-state index is 0.0983. The van der Waals surface area contributed by atoms with Crippen molar-refractivity contribution in [2.45, 2.75) is 18.1 Å². The van der Waals surface area contributed by atoms with Crippen molar-refractivity contribution < 1.29 is 9.47 Å². The van der Waals surface area contributed by atoms with Crippen molar-refractivity contribution in [3.63, 3.8) is 0 Å². The van der Waals surface area contributed by atoms with E-state index in [-0.39, 0.29) is 11.7 Å². The molecule has 0 bridgehead atoms. The second kappa shape index (κ2) is 3.56. The molecule has 2 aliphatic heterocycles. The van der Waals surface area contributed by atoms with Gasteiger partial charge in [-0.15, -0.1) is 0 Å². The van der Waals surface area contributed by atoms with Crippen LogP contribution in [0.5, 0.6) is 0 Å². The summed E-state index contributed by atoms with van der Waals surface area (Å²) < 4.78 is 11.4. The summed E-state index contributed by atoms with van der Waals surface area (Å²) in [4.78, 5) is 4.40. The Morgan fingerprint density at radius 1 is 1.47 bits per heavy atom. The normalized spacial score (nSPS) is 35.1. The predicted octanol–water partition coefficient (Wildman–Crippen LogP) is 0.643. The summed E-state index contributed by atoms with van der Waals surface area (Å²) in [7, 11) is 0. The number of fused-ring (bicyclic) bond motifs is 1. The molecule has 0 aromatic carbocycles. The average Bonchev–Trinajstić information content (AvgIpc) is 2.75. The first kappa shape index (κ1) is 9.27. The highest BCUT2D eigenvalue weighted by molar-refractivity contribution is 5.18. The predicted molar refractivity (Wildman–Crippen MR) is 54.2 cm³/mol. The average molecular weight is 206 g/mol. The van der Waals surface area contributed by atoms with Gasteiger partial charge in [0.25, 0.3) is 0 Å². The van der Waals surface area contributed by atoms with Gasteiger partial charge in [0.2, 0.25) is 0 Å². The fraction of sp³-hybridized carbons (Fsp3) is 0.545. The fourth-order valence-electron chi connectivity index (χ4n) is 2.39. The molecule has 15 heavy (non-hydrogen) atoms. The van der Waals surface area contributed by atoms with Gasteiger partial charge >= 0.3 is 0 Å². The van der Waals surface area contributed by atoms with Gasteiger partial charge in [-0.2, -0.15) is 0 Å². The summed E-state index contributed by atoms with van der Waals surface area (Å²) in [5.41, 5.74) is 0.681. The first-order valence-electron chi connectivity index (χ1n) is 5.30. The molecule has 0 radical (unpaired) electrons. The van der Waals surface area contributed by atoms with E-state index in [0.29, 0.717) is 6.79 Å². The number of nitrogens with zero attached hydrogens (tertiary/aromatic N) is 1. The van der Waals surface area contributed by atoms with Gasteiger partial charge in [0.1, 0.15) is 18.5 Å². The van der Waals surface area contributed by atoms with Gasteiger partial charge in [-0.05, 0) is 25.1 Å². The van der Waals surface area contributed by atoms with Crippen LogP contribution in [0.2, 0.25) is 0 Å². The van der Waals surface area contributed by atoms with Gasteiger partial charge in [0, 0.05) is 12.7 Å². The van der Waals surface area contributed by atoms with E-state index >= 15 is 0 Å². The summed E-state index contributed by atoms with van der Waals surface area (Å²) in [5.74, 6) is 0. The van der Waals surface area contributed by atoms with Crippen molar-refractivity contribution in [3.05, 3.63) is 30.1 Å². The first-order chi connectivity index (χ1) is 7.42. The fourth-order valence-corrected chi connectivity index (χ4v) is 2.39. The number of rotatable bonds is 1. The van der Waals surface area contributed by atoms with Crippen LogP contribution < -0.4 is 5.32 Å². The third kappa shape index (κ3) is 1.37. The summed E-state index contributed by atoms with van der Waals surface area (Å²) in [6.45, 7) is 2.18. The molecule has 2 aliphatic rings. The molecular formula is C11H14N2O2. The zero-order valence-corrected chi connectivity index (χ0v) is 8.48. The van der Waals surface area contributed by atoms with Crippen LogP contribution in [0.15, 0.2) is 24.4 Å². The van der Waals surface area contributed by atoms with Gasteiger partial charge in [0.15, 0.2) is 0 Å². The van der Waals surface area contributed by atoms with E-state index < -0.39 is 0 Å². The number of hydrogen-bond acceptors (Lipinski definition) is 4. The third-order valence-corrected chi connectivity index (χ3v) is 3.21. The Balaban J connectivity index is 2.00. The molecule has 3 rings (SSSR count). The molecule has 0 aliphatic carbocycles. The van der Waals surface area contributed by atoms with E-state index in [0.717, 1.165) is 25.2 Å². The minimum atomic E-state index is -0.313. The molecule has 4 heteroatoms. The zero-order chi connectivity index (χ0) is 10.1. The first-order valence-corrected chi connectivity index (χ1v) is 5.30. The van der Waals surface area contributed by atoms with E-state index in [1.807, 2.05) is 24.4 Å². The van der Waals surface area contributed by atoms with Crippen LogP contribution in [0.25, 0.3) is 0 Å². The Hall–Kier alpha value is -0.970. The van der Waals surface area contributed by atoms with Crippen LogP contribution in [0.3, 0.4) is 0 Å². The van der Waals surface area contributed by atoms with E-state index in [1.54, 1.807) is 0 Å². The molecule has 4 nitrogen and oxygen atoms in total. The van der Waals surface area contributed by atoms with E-state index in [4.69, 9.17) is 9.47 Å². The number of piperidine rings is 1. The van der Waals surface area contributed by atoms with Crippen LogP contribution in [0.1, 0.15) is 12.1 Å². The van der Waals surface area contributed by atoms with Crippen LogP contribution in [0, 0.1) is 0 Å². The van der Waals surface area contributed by atoms with Crippen molar-refractivity contribution in [2.75, 3.05) is 19.9 Å². The van der Waals surface area contributed by atoms with Crippen LogP contribution in [0.4, 0.5) is 0 Å². The summed E-state index contributed by atoms with van der Waals surface area (Å²) in [6.07, 6.45) is 2.83. The molecule has 0 amide bonds. The molecule has 0 spiro atoms. The molecule has 0 unspecified atom stereocenters. The largest absolute Gasteiger partial charge is 0.347 e. The highest BCUT2D eigenvalue weighted by Gasteiger charge is 2.49. The van der Waals surface area contributed by atoms with Crippen molar-refractivity contribution >= 4 is 0 Å². The standard InChI is InChI=1S/C11H14N2O2/c1-2-5-13-9(3-1)11-4-6-12-7-10(11)14-8-15-11/h1-3,5,10,12H,4,6-8H2/t10-,11-/m0/s1. The molecule has 2 atom stereocenters. The highest BCUT2D eigenvalue weighted by Crippen LogP contribution is 2.39. The number of aromatic nitrogens is 1. The van der Waals surface area contributed by atoms with Crippen molar-refractivity contribution in [1.29, 1.82) is 0 Å². The van der Waals surface area contributed by atoms with Crippen molar-refractivity contribution in [2.24, 2.45) is 0 Å². The van der Waals surface area contributed by atoms with Gasteiger partial charge in [0.05, 0.1) is 5.69 Å². The van der Waals surface area contributed by atoms with Gasteiger partial charge < -0.3 is 14.8 Å². The number of nitrogens with one attached hydrogen (secondary N) is 1. The summed E-state index contributed by atoms with van der Waals surface area (Å²) in [5, 5.41) is 3.32. The van der Waals surface area contributed by atoms with Crippen LogP contribution >= 0.6 is 0 Å². The molecule has 2 saturated heterocycles. The Morgan fingerprint density at radius 2 is 2.47 bits per heavy atom. The highest BCUT2D eigenvalue weighted by atomic mass is 16.7. The Labute approximate surface area is 88.6 Å². The molecule has 0 saturated carbocycles. The topological polar surface area (TPSA) is 43.4 Å². The maximum atomic E-state index is 5.81.